The number of carbonyl (C=O) groups is 1. The van der Waals surface area contributed by atoms with Crippen molar-refractivity contribution in [2.75, 3.05) is 37.6 Å². The van der Waals surface area contributed by atoms with E-state index in [4.69, 9.17) is 4.42 Å². The molecule has 0 bridgehead atoms. The highest BCUT2D eigenvalue weighted by molar-refractivity contribution is 5.94. The van der Waals surface area contributed by atoms with Gasteiger partial charge in [-0.25, -0.2) is 4.39 Å². The second-order valence-electron chi connectivity index (χ2n) is 8.68. The molecule has 6 heteroatoms. The van der Waals surface area contributed by atoms with E-state index in [2.05, 4.69) is 27.2 Å². The molecule has 1 saturated heterocycles. The first-order chi connectivity index (χ1) is 17.2. The van der Waals surface area contributed by atoms with Crippen LogP contribution in [0.25, 0.3) is 11.1 Å². The second kappa shape index (κ2) is 10.6. The van der Waals surface area contributed by atoms with Crippen LogP contribution in [0.1, 0.15) is 22.2 Å². The van der Waals surface area contributed by atoms with Gasteiger partial charge in [-0.05, 0) is 59.7 Å². The first kappa shape index (κ1) is 22.9. The number of anilines is 1. The Morgan fingerprint density at radius 2 is 1.51 bits per heavy atom. The number of amides is 1. The lowest BCUT2D eigenvalue weighted by atomic mass is 10.0. The third-order valence-electron chi connectivity index (χ3n) is 6.53. The minimum Gasteiger partial charge on any atom is -0.468 e. The largest absolute Gasteiger partial charge is 0.468 e. The molecule has 1 fully saturated rings. The van der Waals surface area contributed by atoms with Gasteiger partial charge in [0.1, 0.15) is 11.6 Å². The molecule has 5 rings (SSSR count). The first-order valence-corrected chi connectivity index (χ1v) is 11.9. The minimum atomic E-state index is -0.226. The van der Waals surface area contributed by atoms with Crippen LogP contribution in [-0.2, 0) is 0 Å². The number of halogens is 1. The molecule has 5 nitrogen and oxygen atoms in total. The average molecular weight is 470 g/mol. The minimum absolute atomic E-state index is 0.0621. The van der Waals surface area contributed by atoms with Crippen LogP contribution in [0, 0.1) is 5.82 Å². The lowest BCUT2D eigenvalue weighted by Gasteiger charge is -2.39. The Bertz CT molecular complexity index is 1220. The van der Waals surface area contributed by atoms with Gasteiger partial charge in [0.25, 0.3) is 5.91 Å². The van der Waals surface area contributed by atoms with Crippen molar-refractivity contribution in [2.24, 2.45) is 0 Å². The molecule has 1 aliphatic heterocycles. The highest BCUT2D eigenvalue weighted by atomic mass is 19.1. The number of benzene rings is 3. The lowest BCUT2D eigenvalue weighted by Crippen LogP contribution is -2.49. The summed E-state index contributed by atoms with van der Waals surface area (Å²) < 4.78 is 19.0. The summed E-state index contributed by atoms with van der Waals surface area (Å²) in [6.07, 6.45) is 1.67. The highest BCUT2D eigenvalue weighted by Gasteiger charge is 2.27. The summed E-state index contributed by atoms with van der Waals surface area (Å²) >= 11 is 0. The molecular formula is C29H28FN3O2. The molecule has 0 radical (unpaired) electrons. The Balaban J connectivity index is 1.22. The average Bonchev–Trinajstić information content (AvgIpc) is 3.45. The van der Waals surface area contributed by atoms with Gasteiger partial charge in [0, 0.05) is 44.0 Å². The van der Waals surface area contributed by atoms with Crippen molar-refractivity contribution in [3.05, 3.63) is 114 Å². The van der Waals surface area contributed by atoms with Crippen molar-refractivity contribution in [2.45, 2.75) is 6.04 Å². The van der Waals surface area contributed by atoms with Crippen molar-refractivity contribution < 1.29 is 13.6 Å². The zero-order valence-electron chi connectivity index (χ0n) is 19.4. The SMILES string of the molecule is O=C(NCC(c1ccco1)N1CCN(c2ccc(F)cc2)CC1)c1ccc(-c2ccccc2)cc1. The topological polar surface area (TPSA) is 48.7 Å². The maximum Gasteiger partial charge on any atom is 0.251 e. The molecule has 0 spiro atoms. The van der Waals surface area contributed by atoms with Gasteiger partial charge in [-0.3, -0.25) is 9.69 Å². The molecule has 1 N–H and O–H groups in total. The van der Waals surface area contributed by atoms with Crippen LogP contribution in [0.4, 0.5) is 10.1 Å². The second-order valence-corrected chi connectivity index (χ2v) is 8.68. The third-order valence-corrected chi connectivity index (χ3v) is 6.53. The molecule has 0 aliphatic carbocycles. The van der Waals surface area contributed by atoms with Crippen molar-refractivity contribution >= 4 is 11.6 Å². The standard InChI is InChI=1S/C29H28FN3O2/c30-25-12-14-26(15-13-25)32-16-18-33(19-17-32)27(28-7-4-20-35-28)21-31-29(34)24-10-8-23(9-11-24)22-5-2-1-3-6-22/h1-15,20,27H,16-19,21H2,(H,31,34). The number of hydrogen-bond acceptors (Lipinski definition) is 4. The number of carbonyl (C=O) groups excluding carboxylic acids is 1. The molecule has 0 saturated carbocycles. The van der Waals surface area contributed by atoms with Crippen LogP contribution in [0.15, 0.2) is 102 Å². The van der Waals surface area contributed by atoms with E-state index in [1.165, 1.54) is 12.1 Å². The zero-order chi connectivity index (χ0) is 24.0. The monoisotopic (exact) mass is 469 g/mol. The van der Waals surface area contributed by atoms with Gasteiger partial charge < -0.3 is 14.6 Å². The first-order valence-electron chi connectivity index (χ1n) is 11.9. The van der Waals surface area contributed by atoms with Crippen LogP contribution in [0.2, 0.25) is 0 Å². The van der Waals surface area contributed by atoms with Crippen LogP contribution in [-0.4, -0.2) is 43.5 Å². The summed E-state index contributed by atoms with van der Waals surface area (Å²) in [6.45, 7) is 3.70. The smallest absolute Gasteiger partial charge is 0.251 e. The van der Waals surface area contributed by atoms with Crippen molar-refractivity contribution in [3.8, 4) is 11.1 Å². The molecule has 1 unspecified atom stereocenters. The molecular weight excluding hydrogens is 441 g/mol. The molecule has 1 aromatic heterocycles. The van der Waals surface area contributed by atoms with E-state index in [1.54, 1.807) is 6.26 Å². The van der Waals surface area contributed by atoms with E-state index in [1.807, 2.05) is 66.7 Å². The van der Waals surface area contributed by atoms with Gasteiger partial charge in [0.15, 0.2) is 0 Å². The van der Waals surface area contributed by atoms with Gasteiger partial charge >= 0.3 is 0 Å². The number of piperazine rings is 1. The van der Waals surface area contributed by atoms with Crippen molar-refractivity contribution in [1.29, 1.82) is 0 Å². The predicted molar refractivity (Wildman–Crippen MR) is 136 cm³/mol. The maximum absolute atomic E-state index is 13.3. The number of hydrogen-bond donors (Lipinski definition) is 1. The summed E-state index contributed by atoms with van der Waals surface area (Å²) in [6, 6.07) is 28.2. The third kappa shape index (κ3) is 5.44. The van der Waals surface area contributed by atoms with Crippen LogP contribution < -0.4 is 10.2 Å². The van der Waals surface area contributed by atoms with E-state index >= 15 is 0 Å². The summed E-state index contributed by atoms with van der Waals surface area (Å²) in [5.41, 5.74) is 3.85. The number of nitrogens with one attached hydrogen (secondary N) is 1. The van der Waals surface area contributed by atoms with E-state index < -0.39 is 0 Å². The van der Waals surface area contributed by atoms with E-state index in [-0.39, 0.29) is 17.8 Å². The summed E-state index contributed by atoms with van der Waals surface area (Å²) in [4.78, 5) is 17.5. The Kier molecular flexibility index (Phi) is 6.91. The predicted octanol–water partition coefficient (Wildman–Crippen LogP) is 5.38. The Hall–Kier alpha value is -3.90. The van der Waals surface area contributed by atoms with Gasteiger partial charge in [0.2, 0.25) is 0 Å². The van der Waals surface area contributed by atoms with Gasteiger partial charge in [-0.2, -0.15) is 0 Å². The molecule has 178 valence electrons. The lowest BCUT2D eigenvalue weighted by molar-refractivity contribution is 0.0923. The van der Waals surface area contributed by atoms with Crippen LogP contribution >= 0.6 is 0 Å². The van der Waals surface area contributed by atoms with Gasteiger partial charge in [0.05, 0.1) is 12.3 Å². The fraction of sp³-hybridized carbons (Fsp3) is 0.207. The highest BCUT2D eigenvalue weighted by Crippen LogP contribution is 2.25. The van der Waals surface area contributed by atoms with Gasteiger partial charge in [-0.1, -0.05) is 42.5 Å². The fourth-order valence-corrected chi connectivity index (χ4v) is 4.57. The molecule has 4 aromatic rings. The molecule has 1 amide bonds. The van der Waals surface area contributed by atoms with E-state index in [0.717, 1.165) is 48.8 Å². The van der Waals surface area contributed by atoms with Gasteiger partial charge in [-0.15, -0.1) is 0 Å². The van der Waals surface area contributed by atoms with E-state index in [9.17, 15) is 9.18 Å². The summed E-state index contributed by atoms with van der Waals surface area (Å²) in [5, 5.41) is 3.10. The summed E-state index contributed by atoms with van der Waals surface area (Å²) in [5.74, 6) is 0.502. The van der Waals surface area contributed by atoms with Crippen LogP contribution in [0.3, 0.4) is 0 Å². The molecule has 1 atom stereocenters. The number of nitrogens with zero attached hydrogens (tertiary/aromatic N) is 2. The number of rotatable bonds is 7. The number of furan rings is 1. The zero-order valence-corrected chi connectivity index (χ0v) is 19.4. The van der Waals surface area contributed by atoms with E-state index in [0.29, 0.717) is 12.1 Å². The fourth-order valence-electron chi connectivity index (χ4n) is 4.57. The Labute approximate surface area is 204 Å². The Morgan fingerprint density at radius 3 is 2.17 bits per heavy atom. The normalized spacial score (nSPS) is 15.1. The Morgan fingerprint density at radius 1 is 0.829 bits per heavy atom. The molecule has 35 heavy (non-hydrogen) atoms. The van der Waals surface area contributed by atoms with Crippen LogP contribution in [0.5, 0.6) is 0 Å². The summed E-state index contributed by atoms with van der Waals surface area (Å²) in [7, 11) is 0. The van der Waals surface area contributed by atoms with Crippen molar-refractivity contribution in [3.63, 3.8) is 0 Å². The molecule has 1 aliphatic rings. The quantitative estimate of drug-likeness (QED) is 0.395. The molecule has 2 heterocycles. The van der Waals surface area contributed by atoms with Crippen molar-refractivity contribution in [1.82, 2.24) is 10.2 Å². The molecule has 3 aromatic carbocycles. The maximum atomic E-state index is 13.3.